The lowest BCUT2D eigenvalue weighted by Gasteiger charge is -2.37. The van der Waals surface area contributed by atoms with Crippen molar-refractivity contribution in [2.45, 2.75) is 38.4 Å². The van der Waals surface area contributed by atoms with E-state index in [1.807, 2.05) is 43.3 Å². The molecule has 1 spiro atoms. The van der Waals surface area contributed by atoms with Crippen LogP contribution in [0.25, 0.3) is 0 Å². The van der Waals surface area contributed by atoms with Gasteiger partial charge in [0.15, 0.2) is 0 Å². The lowest BCUT2D eigenvalue weighted by molar-refractivity contribution is -0.133. The molecule has 8 heteroatoms. The lowest BCUT2D eigenvalue weighted by Crippen LogP contribution is -2.54. The maximum atomic E-state index is 13.3. The third-order valence-electron chi connectivity index (χ3n) is 6.46. The molecule has 8 nitrogen and oxygen atoms in total. The molecule has 176 valence electrons. The molecule has 0 unspecified atom stereocenters. The molecule has 2 fully saturated rings. The second-order valence-electron chi connectivity index (χ2n) is 8.76. The van der Waals surface area contributed by atoms with Gasteiger partial charge in [0, 0.05) is 25.7 Å². The van der Waals surface area contributed by atoms with Gasteiger partial charge in [0.05, 0.1) is 27.9 Å². The number of ether oxygens (including phenoxy) is 3. The fourth-order valence-electron chi connectivity index (χ4n) is 4.68. The number of aryl methyl sites for hydroxylation is 1. The number of urea groups is 1. The van der Waals surface area contributed by atoms with E-state index in [9.17, 15) is 9.59 Å². The molecule has 2 aliphatic rings. The number of imide groups is 1. The molecular weight excluding hydrogens is 422 g/mol. The summed E-state index contributed by atoms with van der Waals surface area (Å²) < 4.78 is 16.1. The molecule has 2 aromatic carbocycles. The van der Waals surface area contributed by atoms with Gasteiger partial charge < -0.3 is 19.5 Å². The van der Waals surface area contributed by atoms with Gasteiger partial charge >= 0.3 is 6.03 Å². The number of nitrogens with zero attached hydrogens (tertiary/aromatic N) is 2. The second kappa shape index (κ2) is 9.31. The molecule has 0 bridgehead atoms. The van der Waals surface area contributed by atoms with Crippen molar-refractivity contribution in [1.82, 2.24) is 15.1 Å². The van der Waals surface area contributed by atoms with Crippen LogP contribution in [-0.2, 0) is 17.9 Å². The third-order valence-corrected chi connectivity index (χ3v) is 6.46. The summed E-state index contributed by atoms with van der Waals surface area (Å²) in [4.78, 5) is 29.7. The molecule has 2 heterocycles. The van der Waals surface area contributed by atoms with Gasteiger partial charge in [-0.1, -0.05) is 6.07 Å². The van der Waals surface area contributed by atoms with E-state index in [1.54, 1.807) is 21.3 Å². The summed E-state index contributed by atoms with van der Waals surface area (Å²) in [5, 5.41) is 2.99. The van der Waals surface area contributed by atoms with Gasteiger partial charge in [0.25, 0.3) is 5.91 Å². The molecule has 0 atom stereocenters. The quantitative estimate of drug-likeness (QED) is 0.649. The fraction of sp³-hybridized carbons (Fsp3) is 0.440. The minimum absolute atomic E-state index is 0.143. The smallest absolute Gasteiger partial charge is 0.325 e. The zero-order valence-electron chi connectivity index (χ0n) is 19.6. The molecule has 0 radical (unpaired) electrons. The Hall–Kier alpha value is -3.26. The van der Waals surface area contributed by atoms with Crippen molar-refractivity contribution in [1.29, 1.82) is 0 Å². The Morgan fingerprint density at radius 2 is 1.36 bits per heavy atom. The molecule has 2 aliphatic heterocycles. The van der Waals surface area contributed by atoms with E-state index in [0.29, 0.717) is 31.7 Å². The van der Waals surface area contributed by atoms with Crippen LogP contribution in [0.4, 0.5) is 4.79 Å². The Labute approximate surface area is 194 Å². The van der Waals surface area contributed by atoms with Crippen LogP contribution < -0.4 is 19.5 Å². The molecule has 2 saturated heterocycles. The maximum Gasteiger partial charge on any atom is 0.325 e. The maximum absolute atomic E-state index is 13.3. The Morgan fingerprint density at radius 3 is 1.94 bits per heavy atom. The molecule has 1 N–H and O–H groups in total. The number of methoxy groups -OCH3 is 3. The molecule has 0 aliphatic carbocycles. The van der Waals surface area contributed by atoms with E-state index >= 15 is 0 Å². The highest BCUT2D eigenvalue weighted by Crippen LogP contribution is 2.32. The number of carbonyl (C=O) groups excluding carboxylic acids is 2. The normalized spacial score (nSPS) is 17.9. The third kappa shape index (κ3) is 4.75. The van der Waals surface area contributed by atoms with Crippen LogP contribution in [0, 0.1) is 6.92 Å². The van der Waals surface area contributed by atoms with Crippen LogP contribution in [0.3, 0.4) is 0 Å². The van der Waals surface area contributed by atoms with Gasteiger partial charge in [-0.25, -0.2) is 4.79 Å². The van der Waals surface area contributed by atoms with Gasteiger partial charge in [0.1, 0.15) is 22.8 Å². The SMILES string of the molecule is COc1cc(C)cc(CN2C(=O)NC3(CCN(Cc4cc(OC)cc(OC)c4)CC3)C2=O)c1. The van der Waals surface area contributed by atoms with E-state index in [2.05, 4.69) is 10.2 Å². The lowest BCUT2D eigenvalue weighted by atomic mass is 9.87. The van der Waals surface area contributed by atoms with Crippen LogP contribution in [0.5, 0.6) is 17.2 Å². The van der Waals surface area contributed by atoms with Crippen molar-refractivity contribution in [2.24, 2.45) is 0 Å². The number of carbonyl (C=O) groups is 2. The summed E-state index contributed by atoms with van der Waals surface area (Å²) in [6.45, 7) is 4.33. The van der Waals surface area contributed by atoms with E-state index in [0.717, 1.165) is 34.7 Å². The Kier molecular flexibility index (Phi) is 6.47. The summed E-state index contributed by atoms with van der Waals surface area (Å²) in [5.74, 6) is 2.07. The van der Waals surface area contributed by atoms with Crippen LogP contribution in [0.2, 0.25) is 0 Å². The number of benzene rings is 2. The van der Waals surface area contributed by atoms with Crippen LogP contribution in [-0.4, -0.2) is 61.7 Å². The van der Waals surface area contributed by atoms with Crippen molar-refractivity contribution in [3.8, 4) is 17.2 Å². The van der Waals surface area contributed by atoms with Crippen molar-refractivity contribution in [2.75, 3.05) is 34.4 Å². The van der Waals surface area contributed by atoms with E-state index in [1.165, 1.54) is 4.90 Å². The van der Waals surface area contributed by atoms with Crippen molar-refractivity contribution < 1.29 is 23.8 Å². The number of amides is 3. The average Bonchev–Trinajstić information content (AvgIpc) is 3.04. The highest BCUT2D eigenvalue weighted by Gasteiger charge is 2.52. The number of hydrogen-bond acceptors (Lipinski definition) is 6. The van der Waals surface area contributed by atoms with Crippen LogP contribution in [0.1, 0.15) is 29.5 Å². The van der Waals surface area contributed by atoms with Crippen molar-refractivity contribution >= 4 is 11.9 Å². The first-order valence-electron chi connectivity index (χ1n) is 11.1. The standard InChI is InChI=1S/C25H31N3O5/c1-17-9-18(11-20(10-17)31-2)16-28-23(29)25(26-24(28)30)5-7-27(8-6-25)15-19-12-21(32-3)14-22(13-19)33-4/h9-14H,5-8,15-16H2,1-4H3,(H,26,30). The van der Waals surface area contributed by atoms with Gasteiger partial charge in [-0.3, -0.25) is 14.6 Å². The summed E-state index contributed by atoms with van der Waals surface area (Å²) in [6.07, 6.45) is 1.15. The first-order chi connectivity index (χ1) is 15.9. The van der Waals surface area contributed by atoms with Crippen molar-refractivity contribution in [3.05, 3.63) is 53.1 Å². The number of likely N-dealkylation sites (tertiary alicyclic amines) is 1. The summed E-state index contributed by atoms with van der Waals surface area (Å²) in [5.41, 5.74) is 2.15. The number of rotatable bonds is 7. The largest absolute Gasteiger partial charge is 0.497 e. The first-order valence-corrected chi connectivity index (χ1v) is 11.1. The summed E-state index contributed by atoms with van der Waals surface area (Å²) in [7, 11) is 4.88. The fourth-order valence-corrected chi connectivity index (χ4v) is 4.68. The van der Waals surface area contributed by atoms with Crippen LogP contribution in [0.15, 0.2) is 36.4 Å². The highest BCUT2D eigenvalue weighted by molar-refractivity contribution is 6.07. The molecule has 2 aromatic rings. The Balaban J connectivity index is 1.42. The summed E-state index contributed by atoms with van der Waals surface area (Å²) in [6, 6.07) is 11.3. The van der Waals surface area contributed by atoms with Gasteiger partial charge in [-0.2, -0.15) is 0 Å². The molecule has 33 heavy (non-hydrogen) atoms. The zero-order valence-corrected chi connectivity index (χ0v) is 19.6. The minimum atomic E-state index is -0.826. The number of nitrogens with one attached hydrogen (secondary N) is 1. The van der Waals surface area contributed by atoms with Gasteiger partial charge in [-0.05, 0) is 60.7 Å². The highest BCUT2D eigenvalue weighted by atomic mass is 16.5. The summed E-state index contributed by atoms with van der Waals surface area (Å²) >= 11 is 0. The van der Waals surface area contributed by atoms with Crippen LogP contribution >= 0.6 is 0 Å². The van der Waals surface area contributed by atoms with Gasteiger partial charge in [-0.15, -0.1) is 0 Å². The van der Waals surface area contributed by atoms with E-state index in [4.69, 9.17) is 14.2 Å². The number of piperidine rings is 1. The second-order valence-corrected chi connectivity index (χ2v) is 8.76. The van der Waals surface area contributed by atoms with Crippen molar-refractivity contribution in [3.63, 3.8) is 0 Å². The van der Waals surface area contributed by atoms with Gasteiger partial charge in [0.2, 0.25) is 0 Å². The average molecular weight is 454 g/mol. The predicted octanol–water partition coefficient (Wildman–Crippen LogP) is 3.11. The number of hydrogen-bond donors (Lipinski definition) is 1. The predicted molar refractivity (Wildman–Crippen MR) is 124 cm³/mol. The van der Waals surface area contributed by atoms with E-state index in [-0.39, 0.29) is 18.5 Å². The Bertz CT molecular complexity index is 1020. The molecule has 0 aromatic heterocycles. The molecule has 4 rings (SSSR count). The first kappa shape index (κ1) is 22.9. The topological polar surface area (TPSA) is 80.3 Å². The van der Waals surface area contributed by atoms with E-state index < -0.39 is 5.54 Å². The monoisotopic (exact) mass is 453 g/mol. The minimum Gasteiger partial charge on any atom is -0.497 e. The zero-order chi connectivity index (χ0) is 23.6. The molecular formula is C25H31N3O5. The molecule has 3 amide bonds. The Morgan fingerprint density at radius 1 is 0.818 bits per heavy atom. The molecule has 0 saturated carbocycles.